The molecule has 1 N–H and O–H groups in total. The highest BCUT2D eigenvalue weighted by atomic mass is 32.1. The minimum Gasteiger partial charge on any atom is -0.358 e. The molecule has 1 unspecified atom stereocenters. The second-order valence-corrected chi connectivity index (χ2v) is 6.12. The molecule has 1 saturated heterocycles. The molecule has 1 aromatic heterocycles. The number of thiophene rings is 1. The summed E-state index contributed by atoms with van der Waals surface area (Å²) in [5, 5.41) is 3.99. The number of rotatable bonds is 3. The van der Waals surface area contributed by atoms with Gasteiger partial charge in [-0.2, -0.15) is 0 Å². The van der Waals surface area contributed by atoms with Gasteiger partial charge in [-0.3, -0.25) is 0 Å². The molecule has 1 atom stereocenters. The number of alkyl halides is 4. The molecule has 0 amide bonds. The third-order valence-corrected chi connectivity index (χ3v) is 4.64. The maximum absolute atomic E-state index is 13.1. The minimum atomic E-state index is -2.66. The van der Waals surface area contributed by atoms with Gasteiger partial charge in [-0.1, -0.05) is 0 Å². The zero-order valence-corrected chi connectivity index (χ0v) is 12.4. The normalized spacial score (nSPS) is 22.1. The van der Waals surface area contributed by atoms with Crippen molar-refractivity contribution in [3.05, 3.63) is 28.0 Å². The van der Waals surface area contributed by atoms with Crippen LogP contribution in [0.15, 0.2) is 22.5 Å². The van der Waals surface area contributed by atoms with E-state index in [2.05, 4.69) is 10.3 Å². The molecule has 3 nitrogen and oxygen atoms in total. The first-order valence-electron chi connectivity index (χ1n) is 7.00. The van der Waals surface area contributed by atoms with Gasteiger partial charge in [0.25, 0.3) is 12.9 Å². The van der Waals surface area contributed by atoms with Crippen LogP contribution in [0.3, 0.4) is 0 Å². The summed E-state index contributed by atoms with van der Waals surface area (Å²) in [5.74, 6) is 0.503. The van der Waals surface area contributed by atoms with E-state index in [4.69, 9.17) is 0 Å². The van der Waals surface area contributed by atoms with E-state index < -0.39 is 19.0 Å². The summed E-state index contributed by atoms with van der Waals surface area (Å²) in [4.78, 5) is 6.52. The zero-order valence-electron chi connectivity index (χ0n) is 11.6. The number of halogens is 4. The highest BCUT2D eigenvalue weighted by molar-refractivity contribution is 7.11. The Morgan fingerprint density at radius 2 is 1.95 bits per heavy atom. The molecule has 1 aromatic rings. The molecule has 3 heterocycles. The van der Waals surface area contributed by atoms with E-state index in [1.807, 2.05) is 4.90 Å². The number of hydrogen-bond donors (Lipinski definition) is 1. The van der Waals surface area contributed by atoms with E-state index in [0.29, 0.717) is 16.4 Å². The van der Waals surface area contributed by atoms with Gasteiger partial charge in [0, 0.05) is 30.1 Å². The molecular weight excluding hydrogens is 318 g/mol. The summed E-state index contributed by atoms with van der Waals surface area (Å²) >= 11 is 1.11. The fraction of sp³-hybridized carbons (Fsp3) is 0.500. The third-order valence-electron chi connectivity index (χ3n) is 3.65. The lowest BCUT2D eigenvalue weighted by Gasteiger charge is -2.27. The molecule has 0 bridgehead atoms. The second-order valence-electron chi connectivity index (χ2n) is 5.21. The van der Waals surface area contributed by atoms with Crippen LogP contribution in [0.25, 0.3) is 5.70 Å². The summed E-state index contributed by atoms with van der Waals surface area (Å²) < 4.78 is 51.5. The summed E-state index contributed by atoms with van der Waals surface area (Å²) in [6, 6.07) is 1.34. The van der Waals surface area contributed by atoms with Gasteiger partial charge in [0.2, 0.25) is 0 Å². The molecular formula is C14H15F4N3S. The first-order valence-corrected chi connectivity index (χ1v) is 7.88. The van der Waals surface area contributed by atoms with E-state index in [0.717, 1.165) is 37.3 Å². The van der Waals surface area contributed by atoms with Gasteiger partial charge < -0.3 is 10.2 Å². The van der Waals surface area contributed by atoms with Crippen molar-refractivity contribution in [2.24, 2.45) is 4.99 Å². The van der Waals surface area contributed by atoms with Crippen molar-refractivity contribution in [3.63, 3.8) is 0 Å². The predicted octanol–water partition coefficient (Wildman–Crippen LogP) is 3.72. The maximum atomic E-state index is 13.1. The van der Waals surface area contributed by atoms with Gasteiger partial charge in [0.1, 0.15) is 5.84 Å². The lowest BCUT2D eigenvalue weighted by molar-refractivity contribution is 0.109. The highest BCUT2D eigenvalue weighted by Gasteiger charge is 2.28. The SMILES string of the molecule is FC(F)c1csc(C2=CC(N3CCCC3)=NC(C(F)F)N2)c1. The Balaban J connectivity index is 1.89. The minimum absolute atomic E-state index is 0.0958. The molecule has 0 radical (unpaired) electrons. The quantitative estimate of drug-likeness (QED) is 0.854. The van der Waals surface area contributed by atoms with E-state index in [9.17, 15) is 17.6 Å². The van der Waals surface area contributed by atoms with Crippen molar-refractivity contribution in [1.82, 2.24) is 10.2 Å². The Hall–Kier alpha value is -1.57. The van der Waals surface area contributed by atoms with Crippen molar-refractivity contribution in [2.75, 3.05) is 13.1 Å². The van der Waals surface area contributed by atoms with E-state index in [1.54, 1.807) is 6.08 Å². The number of likely N-dealkylation sites (tertiary alicyclic amines) is 1. The molecule has 3 rings (SSSR count). The Kier molecular flexibility index (Phi) is 4.37. The van der Waals surface area contributed by atoms with Crippen LogP contribution in [0, 0.1) is 0 Å². The number of aliphatic imine (C=N–C) groups is 1. The highest BCUT2D eigenvalue weighted by Crippen LogP contribution is 2.30. The largest absolute Gasteiger partial charge is 0.358 e. The fourth-order valence-electron chi connectivity index (χ4n) is 2.53. The van der Waals surface area contributed by atoms with Crippen LogP contribution in [0.4, 0.5) is 17.6 Å². The van der Waals surface area contributed by atoms with Crippen molar-refractivity contribution in [1.29, 1.82) is 0 Å². The first kappa shape index (κ1) is 15.3. The van der Waals surface area contributed by atoms with E-state index in [1.165, 1.54) is 11.4 Å². The number of hydrogen-bond acceptors (Lipinski definition) is 4. The molecule has 0 aromatic carbocycles. The van der Waals surface area contributed by atoms with Gasteiger partial charge >= 0.3 is 0 Å². The van der Waals surface area contributed by atoms with Crippen LogP contribution >= 0.6 is 11.3 Å². The molecule has 0 aliphatic carbocycles. The molecule has 0 saturated carbocycles. The lowest BCUT2D eigenvalue weighted by atomic mass is 10.2. The molecule has 22 heavy (non-hydrogen) atoms. The Morgan fingerprint density at radius 3 is 2.55 bits per heavy atom. The van der Waals surface area contributed by atoms with Crippen molar-refractivity contribution < 1.29 is 17.6 Å². The molecule has 0 spiro atoms. The number of nitrogens with one attached hydrogen (secondary N) is 1. The maximum Gasteiger partial charge on any atom is 0.278 e. The predicted molar refractivity (Wildman–Crippen MR) is 78.4 cm³/mol. The van der Waals surface area contributed by atoms with Crippen LogP contribution in [0.1, 0.15) is 29.7 Å². The van der Waals surface area contributed by atoms with Gasteiger partial charge in [0.15, 0.2) is 6.17 Å². The second kappa shape index (κ2) is 6.28. The monoisotopic (exact) mass is 333 g/mol. The molecule has 1 fully saturated rings. The third kappa shape index (κ3) is 3.11. The fourth-order valence-corrected chi connectivity index (χ4v) is 3.41. The topological polar surface area (TPSA) is 27.6 Å². The molecule has 2 aliphatic rings. The van der Waals surface area contributed by atoms with Crippen LogP contribution in [-0.2, 0) is 0 Å². The average molecular weight is 333 g/mol. The van der Waals surface area contributed by atoms with E-state index >= 15 is 0 Å². The number of nitrogens with zero attached hydrogens (tertiary/aromatic N) is 2. The molecule has 2 aliphatic heterocycles. The van der Waals surface area contributed by atoms with Crippen molar-refractivity contribution in [3.8, 4) is 0 Å². The van der Waals surface area contributed by atoms with Gasteiger partial charge in [-0.15, -0.1) is 11.3 Å². The van der Waals surface area contributed by atoms with E-state index in [-0.39, 0.29) is 5.56 Å². The van der Waals surface area contributed by atoms with Crippen LogP contribution in [0.5, 0.6) is 0 Å². The van der Waals surface area contributed by atoms with Crippen molar-refractivity contribution >= 4 is 22.9 Å². The Morgan fingerprint density at radius 1 is 1.23 bits per heavy atom. The van der Waals surface area contributed by atoms with Crippen LogP contribution in [0.2, 0.25) is 0 Å². The standard InChI is InChI=1S/C14H15F4N3S/c15-12(16)8-5-10(22-7-8)9-6-11(21-3-1-2-4-21)20-14(19-9)13(17)18/h5-7,12-14,19H,1-4H2. The van der Waals surface area contributed by atoms with Crippen LogP contribution < -0.4 is 5.32 Å². The summed E-state index contributed by atoms with van der Waals surface area (Å²) in [5.41, 5.74) is 0.334. The molecule has 8 heteroatoms. The van der Waals surface area contributed by atoms with Crippen molar-refractivity contribution in [2.45, 2.75) is 31.9 Å². The van der Waals surface area contributed by atoms with Gasteiger partial charge in [-0.25, -0.2) is 22.6 Å². The summed E-state index contributed by atoms with van der Waals surface area (Å²) in [6.07, 6.45) is -2.88. The number of amidine groups is 1. The molecule has 120 valence electrons. The van der Waals surface area contributed by atoms with Gasteiger partial charge in [-0.05, 0) is 18.9 Å². The first-order chi connectivity index (χ1) is 10.5. The Labute approximate surface area is 129 Å². The summed E-state index contributed by atoms with van der Waals surface area (Å²) in [6.45, 7) is 1.57. The lowest BCUT2D eigenvalue weighted by Crippen LogP contribution is -2.40. The Bertz CT molecular complexity index is 591. The zero-order chi connectivity index (χ0) is 15.7. The van der Waals surface area contributed by atoms with Gasteiger partial charge in [0.05, 0.1) is 10.6 Å². The average Bonchev–Trinajstić information content (AvgIpc) is 3.18. The summed E-state index contributed by atoms with van der Waals surface area (Å²) in [7, 11) is 0. The van der Waals surface area contributed by atoms with Crippen LogP contribution in [-0.4, -0.2) is 36.4 Å². The smallest absolute Gasteiger partial charge is 0.278 e.